The van der Waals surface area contributed by atoms with Crippen LogP contribution >= 0.6 is 0 Å². The summed E-state index contributed by atoms with van der Waals surface area (Å²) in [5, 5.41) is 11.0. The first kappa shape index (κ1) is 11.6. The zero-order valence-corrected chi connectivity index (χ0v) is 10.2. The van der Waals surface area contributed by atoms with Crippen LogP contribution in [0, 0.1) is 11.8 Å². The molecule has 1 saturated carbocycles. The summed E-state index contributed by atoms with van der Waals surface area (Å²) in [6.45, 7) is 4.18. The summed E-state index contributed by atoms with van der Waals surface area (Å²) in [6, 6.07) is 5.82. The Bertz CT molecular complexity index is 330. The van der Waals surface area contributed by atoms with Gasteiger partial charge in [-0.25, -0.2) is 0 Å². The summed E-state index contributed by atoms with van der Waals surface area (Å²) in [5.41, 5.74) is 0.106. The third kappa shape index (κ3) is 1.86. The molecule has 2 rings (SSSR count). The molecule has 1 aliphatic carbocycles. The molecule has 1 unspecified atom stereocenters. The average Bonchev–Trinajstić information content (AvgIpc) is 2.82. The quantitative estimate of drug-likeness (QED) is 0.847. The highest BCUT2D eigenvalue weighted by molar-refractivity contribution is 5.16. The van der Waals surface area contributed by atoms with Gasteiger partial charge in [0.15, 0.2) is 0 Å². The number of aliphatic hydroxyl groups is 1. The Morgan fingerprint density at radius 2 is 2.00 bits per heavy atom. The number of hydrogen-bond acceptors (Lipinski definition) is 2. The summed E-state index contributed by atoms with van der Waals surface area (Å²) in [7, 11) is 0. The van der Waals surface area contributed by atoms with Crippen LogP contribution in [0.1, 0.15) is 45.2 Å². The standard InChI is InChI=1S/C14H21NO/c1-11(2)14(16,12-7-3-4-8-12)13-9-5-6-10-15-13/h5-6,9-12,16H,3-4,7-8H2,1-2H3. The first-order valence-electron chi connectivity index (χ1n) is 6.29. The largest absolute Gasteiger partial charge is 0.383 e. The first-order chi connectivity index (χ1) is 7.65. The molecular weight excluding hydrogens is 198 g/mol. The van der Waals surface area contributed by atoms with E-state index >= 15 is 0 Å². The molecule has 0 aliphatic heterocycles. The molecule has 1 fully saturated rings. The molecule has 88 valence electrons. The van der Waals surface area contributed by atoms with Gasteiger partial charge in [-0.15, -0.1) is 0 Å². The molecule has 2 heteroatoms. The third-order valence-corrected chi connectivity index (χ3v) is 3.93. The van der Waals surface area contributed by atoms with Gasteiger partial charge in [0.2, 0.25) is 0 Å². The molecule has 2 nitrogen and oxygen atoms in total. The van der Waals surface area contributed by atoms with Crippen molar-refractivity contribution in [1.29, 1.82) is 0 Å². The van der Waals surface area contributed by atoms with E-state index in [1.54, 1.807) is 6.20 Å². The highest BCUT2D eigenvalue weighted by Gasteiger charge is 2.43. The maximum atomic E-state index is 11.0. The SMILES string of the molecule is CC(C)C(O)(c1ccccn1)C1CCCC1. The van der Waals surface area contributed by atoms with Crippen LogP contribution < -0.4 is 0 Å². The summed E-state index contributed by atoms with van der Waals surface area (Å²) < 4.78 is 0. The van der Waals surface area contributed by atoms with Crippen molar-refractivity contribution in [2.75, 3.05) is 0 Å². The lowest BCUT2D eigenvalue weighted by Crippen LogP contribution is -2.39. The number of pyridine rings is 1. The number of aromatic nitrogens is 1. The maximum absolute atomic E-state index is 11.0. The van der Waals surface area contributed by atoms with Crippen LogP contribution in [0.25, 0.3) is 0 Å². The fraction of sp³-hybridized carbons (Fsp3) is 0.643. The van der Waals surface area contributed by atoms with Gasteiger partial charge >= 0.3 is 0 Å². The molecule has 0 radical (unpaired) electrons. The van der Waals surface area contributed by atoms with E-state index in [0.29, 0.717) is 5.92 Å². The lowest BCUT2D eigenvalue weighted by atomic mass is 9.75. The molecule has 1 aromatic rings. The van der Waals surface area contributed by atoms with E-state index in [2.05, 4.69) is 18.8 Å². The van der Waals surface area contributed by atoms with Crippen molar-refractivity contribution >= 4 is 0 Å². The molecule has 0 bridgehead atoms. The Hall–Kier alpha value is -0.890. The zero-order valence-electron chi connectivity index (χ0n) is 10.2. The number of rotatable bonds is 3. The highest BCUT2D eigenvalue weighted by atomic mass is 16.3. The molecule has 1 aliphatic rings. The van der Waals surface area contributed by atoms with E-state index in [1.165, 1.54) is 12.8 Å². The van der Waals surface area contributed by atoms with Crippen LogP contribution in [0.5, 0.6) is 0 Å². The minimum absolute atomic E-state index is 0.213. The molecule has 1 atom stereocenters. The van der Waals surface area contributed by atoms with E-state index < -0.39 is 5.60 Å². The smallest absolute Gasteiger partial charge is 0.112 e. The van der Waals surface area contributed by atoms with Crippen molar-refractivity contribution in [3.63, 3.8) is 0 Å². The lowest BCUT2D eigenvalue weighted by Gasteiger charge is -2.37. The topological polar surface area (TPSA) is 33.1 Å². The van der Waals surface area contributed by atoms with Crippen molar-refractivity contribution in [1.82, 2.24) is 4.98 Å². The van der Waals surface area contributed by atoms with Crippen molar-refractivity contribution in [3.05, 3.63) is 30.1 Å². The van der Waals surface area contributed by atoms with Crippen LogP contribution in [-0.2, 0) is 5.60 Å². The molecule has 0 amide bonds. The minimum atomic E-state index is -0.738. The molecule has 1 N–H and O–H groups in total. The zero-order chi connectivity index (χ0) is 11.6. The van der Waals surface area contributed by atoms with E-state index in [0.717, 1.165) is 18.5 Å². The van der Waals surface area contributed by atoms with Gasteiger partial charge in [0.25, 0.3) is 0 Å². The summed E-state index contributed by atoms with van der Waals surface area (Å²) in [5.74, 6) is 0.591. The molecule has 0 saturated heterocycles. The predicted octanol–water partition coefficient (Wildman–Crippen LogP) is 3.12. The molecule has 0 spiro atoms. The second kappa shape index (κ2) is 4.54. The van der Waals surface area contributed by atoms with E-state index in [4.69, 9.17) is 0 Å². The van der Waals surface area contributed by atoms with Gasteiger partial charge in [-0.1, -0.05) is 32.8 Å². The van der Waals surface area contributed by atoms with Crippen LogP contribution in [0.15, 0.2) is 24.4 Å². The van der Waals surface area contributed by atoms with Gasteiger partial charge in [0, 0.05) is 6.20 Å². The fourth-order valence-electron chi connectivity index (χ4n) is 2.94. The Labute approximate surface area is 97.7 Å². The lowest BCUT2D eigenvalue weighted by molar-refractivity contribution is -0.0670. The minimum Gasteiger partial charge on any atom is -0.383 e. The highest BCUT2D eigenvalue weighted by Crippen LogP contribution is 2.44. The van der Waals surface area contributed by atoms with Crippen LogP contribution in [0.4, 0.5) is 0 Å². The monoisotopic (exact) mass is 219 g/mol. The first-order valence-corrected chi connectivity index (χ1v) is 6.29. The van der Waals surface area contributed by atoms with Gasteiger partial charge in [0.05, 0.1) is 5.69 Å². The van der Waals surface area contributed by atoms with Crippen molar-refractivity contribution < 1.29 is 5.11 Å². The van der Waals surface area contributed by atoms with Gasteiger partial charge in [-0.3, -0.25) is 4.98 Å². The van der Waals surface area contributed by atoms with Gasteiger partial charge < -0.3 is 5.11 Å². The third-order valence-electron chi connectivity index (χ3n) is 3.93. The Kier molecular flexibility index (Phi) is 3.29. The van der Waals surface area contributed by atoms with Gasteiger partial charge in [-0.05, 0) is 36.8 Å². The second-order valence-electron chi connectivity index (χ2n) is 5.18. The summed E-state index contributed by atoms with van der Waals surface area (Å²) in [4.78, 5) is 4.37. The Balaban J connectivity index is 2.35. The van der Waals surface area contributed by atoms with Crippen molar-refractivity contribution in [3.8, 4) is 0 Å². The van der Waals surface area contributed by atoms with Gasteiger partial charge in [-0.2, -0.15) is 0 Å². The maximum Gasteiger partial charge on any atom is 0.112 e. The second-order valence-corrected chi connectivity index (χ2v) is 5.18. The predicted molar refractivity (Wildman–Crippen MR) is 64.9 cm³/mol. The molecule has 0 aromatic carbocycles. The summed E-state index contributed by atoms with van der Waals surface area (Å²) in [6.07, 6.45) is 6.52. The molecule has 1 heterocycles. The van der Waals surface area contributed by atoms with E-state index in [1.807, 2.05) is 18.2 Å². The van der Waals surface area contributed by atoms with Crippen LogP contribution in [0.3, 0.4) is 0 Å². The van der Waals surface area contributed by atoms with Crippen LogP contribution in [-0.4, -0.2) is 10.1 Å². The average molecular weight is 219 g/mol. The fourth-order valence-corrected chi connectivity index (χ4v) is 2.94. The Morgan fingerprint density at radius 1 is 1.31 bits per heavy atom. The molecular formula is C14H21NO. The van der Waals surface area contributed by atoms with E-state index in [-0.39, 0.29) is 5.92 Å². The normalized spacial score (nSPS) is 21.2. The molecule has 1 aromatic heterocycles. The van der Waals surface area contributed by atoms with Crippen molar-refractivity contribution in [2.45, 2.75) is 45.1 Å². The molecule has 16 heavy (non-hydrogen) atoms. The van der Waals surface area contributed by atoms with Crippen molar-refractivity contribution in [2.24, 2.45) is 11.8 Å². The number of nitrogens with zero attached hydrogens (tertiary/aromatic N) is 1. The van der Waals surface area contributed by atoms with E-state index in [9.17, 15) is 5.11 Å². The summed E-state index contributed by atoms with van der Waals surface area (Å²) >= 11 is 0. The van der Waals surface area contributed by atoms with Crippen LogP contribution in [0.2, 0.25) is 0 Å². The number of hydrogen-bond donors (Lipinski definition) is 1. The van der Waals surface area contributed by atoms with Gasteiger partial charge in [0.1, 0.15) is 5.60 Å². The Morgan fingerprint density at radius 3 is 2.50 bits per heavy atom.